The summed E-state index contributed by atoms with van der Waals surface area (Å²) in [7, 11) is 0. The molecule has 0 radical (unpaired) electrons. The molecular formula is C13H18BrNO2S. The summed E-state index contributed by atoms with van der Waals surface area (Å²) in [5, 5.41) is 12.6. The topological polar surface area (TPSA) is 49.3 Å². The first-order valence-corrected chi connectivity index (χ1v) is 7.91. The van der Waals surface area contributed by atoms with Gasteiger partial charge in [-0.15, -0.1) is 11.3 Å². The highest BCUT2D eigenvalue weighted by atomic mass is 79.9. The smallest absolute Gasteiger partial charge is 0.306 e. The Hall–Kier alpha value is -0.390. The zero-order valence-electron chi connectivity index (χ0n) is 10.4. The van der Waals surface area contributed by atoms with E-state index in [4.69, 9.17) is 5.11 Å². The van der Waals surface area contributed by atoms with E-state index in [9.17, 15) is 4.79 Å². The third-order valence-electron chi connectivity index (χ3n) is 3.53. The van der Waals surface area contributed by atoms with Gasteiger partial charge in [-0.3, -0.25) is 4.79 Å². The predicted octanol–water partition coefficient (Wildman–Crippen LogP) is 3.80. The lowest BCUT2D eigenvalue weighted by atomic mass is 9.85. The van der Waals surface area contributed by atoms with Crippen molar-refractivity contribution < 1.29 is 9.90 Å². The Bertz CT molecular complexity index is 421. The summed E-state index contributed by atoms with van der Waals surface area (Å²) >= 11 is 5.20. The molecule has 3 atom stereocenters. The molecule has 1 aromatic rings. The maximum atomic E-state index is 11.0. The number of nitrogens with one attached hydrogen (secondary N) is 1. The maximum Gasteiger partial charge on any atom is 0.306 e. The molecule has 0 saturated heterocycles. The molecule has 0 amide bonds. The van der Waals surface area contributed by atoms with Crippen LogP contribution in [-0.4, -0.2) is 17.1 Å². The standard InChI is InChI=1S/C13H18BrNO2S/c1-8(11-5-6-12(14)18-11)15-10-4-2-3-9(7-10)13(16)17/h5-6,8-10,15H,2-4,7H2,1H3,(H,16,17). The molecule has 0 aromatic carbocycles. The van der Waals surface area contributed by atoms with Crippen LogP contribution in [0, 0.1) is 5.92 Å². The summed E-state index contributed by atoms with van der Waals surface area (Å²) in [5.41, 5.74) is 0. The Labute approximate surface area is 120 Å². The second kappa shape index (κ2) is 6.17. The van der Waals surface area contributed by atoms with Gasteiger partial charge in [0.25, 0.3) is 0 Å². The van der Waals surface area contributed by atoms with Gasteiger partial charge in [-0.25, -0.2) is 0 Å². The Balaban J connectivity index is 1.91. The summed E-state index contributed by atoms with van der Waals surface area (Å²) in [6.07, 6.45) is 3.68. The third-order valence-corrected chi connectivity index (χ3v) is 5.34. The molecule has 1 fully saturated rings. The van der Waals surface area contributed by atoms with Crippen LogP contribution in [-0.2, 0) is 4.79 Å². The molecule has 0 spiro atoms. The lowest BCUT2D eigenvalue weighted by molar-refractivity contribution is -0.143. The van der Waals surface area contributed by atoms with Crippen LogP contribution in [0.3, 0.4) is 0 Å². The van der Waals surface area contributed by atoms with E-state index in [1.54, 1.807) is 11.3 Å². The minimum atomic E-state index is -0.645. The lowest BCUT2D eigenvalue weighted by Crippen LogP contribution is -2.37. The van der Waals surface area contributed by atoms with Crippen LogP contribution >= 0.6 is 27.3 Å². The summed E-state index contributed by atoms with van der Waals surface area (Å²) in [5.74, 6) is -0.813. The summed E-state index contributed by atoms with van der Waals surface area (Å²) in [4.78, 5) is 12.3. The number of carboxylic acids is 1. The molecule has 0 aliphatic heterocycles. The van der Waals surface area contributed by atoms with E-state index in [1.165, 1.54) is 4.88 Å². The average molecular weight is 332 g/mol. The number of rotatable bonds is 4. The summed E-state index contributed by atoms with van der Waals surface area (Å²) < 4.78 is 1.14. The zero-order valence-corrected chi connectivity index (χ0v) is 12.8. The highest BCUT2D eigenvalue weighted by Gasteiger charge is 2.27. The number of halogens is 1. The minimum Gasteiger partial charge on any atom is -0.481 e. The van der Waals surface area contributed by atoms with Crippen LogP contribution in [0.1, 0.15) is 43.5 Å². The largest absolute Gasteiger partial charge is 0.481 e. The molecule has 18 heavy (non-hydrogen) atoms. The van der Waals surface area contributed by atoms with Crippen molar-refractivity contribution >= 4 is 33.2 Å². The van der Waals surface area contributed by atoms with Crippen molar-refractivity contribution in [2.75, 3.05) is 0 Å². The summed E-state index contributed by atoms with van der Waals surface area (Å²) in [6, 6.07) is 4.79. The lowest BCUT2D eigenvalue weighted by Gasteiger charge is -2.29. The molecule has 1 aliphatic carbocycles. The molecule has 0 bridgehead atoms. The second-order valence-corrected chi connectivity index (χ2v) is 7.42. The van der Waals surface area contributed by atoms with E-state index in [0.29, 0.717) is 12.1 Å². The van der Waals surface area contributed by atoms with Gasteiger partial charge in [0, 0.05) is 17.0 Å². The maximum absolute atomic E-state index is 11.0. The van der Waals surface area contributed by atoms with Crippen molar-refractivity contribution in [3.8, 4) is 0 Å². The third kappa shape index (κ3) is 3.56. The van der Waals surface area contributed by atoms with Crippen molar-refractivity contribution in [2.24, 2.45) is 5.92 Å². The van der Waals surface area contributed by atoms with Gasteiger partial charge in [-0.2, -0.15) is 0 Å². The Morgan fingerprint density at radius 3 is 2.94 bits per heavy atom. The van der Waals surface area contributed by atoms with Crippen molar-refractivity contribution in [3.63, 3.8) is 0 Å². The van der Waals surface area contributed by atoms with Crippen molar-refractivity contribution in [1.29, 1.82) is 0 Å². The fraction of sp³-hybridized carbons (Fsp3) is 0.615. The molecule has 1 aromatic heterocycles. The molecule has 1 heterocycles. The van der Waals surface area contributed by atoms with Crippen molar-refractivity contribution in [2.45, 2.75) is 44.7 Å². The van der Waals surface area contributed by atoms with E-state index >= 15 is 0 Å². The van der Waals surface area contributed by atoms with Crippen LogP contribution in [0.25, 0.3) is 0 Å². The fourth-order valence-electron chi connectivity index (χ4n) is 2.56. The molecule has 3 unspecified atom stereocenters. The second-order valence-electron chi connectivity index (χ2n) is 4.93. The first-order chi connectivity index (χ1) is 8.56. The number of aliphatic carboxylic acids is 1. The number of carbonyl (C=O) groups is 1. The van der Waals surface area contributed by atoms with E-state index in [0.717, 1.165) is 29.5 Å². The number of thiophene rings is 1. The normalized spacial score (nSPS) is 25.9. The van der Waals surface area contributed by atoms with Crippen molar-refractivity contribution in [3.05, 3.63) is 20.8 Å². The molecule has 1 aliphatic rings. The van der Waals surface area contributed by atoms with Gasteiger partial charge < -0.3 is 10.4 Å². The number of hydrogen-bond acceptors (Lipinski definition) is 3. The van der Waals surface area contributed by atoms with Gasteiger partial charge in [0.1, 0.15) is 0 Å². The molecule has 5 heteroatoms. The monoisotopic (exact) mass is 331 g/mol. The minimum absolute atomic E-state index is 0.168. The van der Waals surface area contributed by atoms with E-state index in [-0.39, 0.29) is 5.92 Å². The van der Waals surface area contributed by atoms with Crippen LogP contribution in [0.4, 0.5) is 0 Å². The first kappa shape index (κ1) is 14.0. The van der Waals surface area contributed by atoms with E-state index in [1.807, 2.05) is 0 Å². The summed E-state index contributed by atoms with van der Waals surface area (Å²) in [6.45, 7) is 2.14. The highest BCUT2D eigenvalue weighted by Crippen LogP contribution is 2.30. The van der Waals surface area contributed by atoms with E-state index < -0.39 is 5.97 Å². The Kier molecular flexibility index (Phi) is 4.81. The molecule has 3 nitrogen and oxygen atoms in total. The van der Waals surface area contributed by atoms with Gasteiger partial charge in [0.05, 0.1) is 9.70 Å². The molecule has 100 valence electrons. The Morgan fingerprint density at radius 1 is 1.56 bits per heavy atom. The fourth-order valence-corrected chi connectivity index (χ4v) is 4.00. The Morgan fingerprint density at radius 2 is 2.33 bits per heavy atom. The van der Waals surface area contributed by atoms with Gasteiger partial charge >= 0.3 is 5.97 Å². The number of hydrogen-bond donors (Lipinski definition) is 2. The van der Waals surface area contributed by atoms with Gasteiger partial charge in [0.2, 0.25) is 0 Å². The van der Waals surface area contributed by atoms with Gasteiger partial charge in [-0.05, 0) is 54.2 Å². The van der Waals surface area contributed by atoms with Crippen LogP contribution in [0.15, 0.2) is 15.9 Å². The van der Waals surface area contributed by atoms with Gasteiger partial charge in [0.15, 0.2) is 0 Å². The SMILES string of the molecule is CC(NC1CCCC(C(=O)O)C1)c1ccc(Br)s1. The zero-order chi connectivity index (χ0) is 13.1. The van der Waals surface area contributed by atoms with Crippen LogP contribution < -0.4 is 5.32 Å². The predicted molar refractivity (Wildman–Crippen MR) is 77.0 cm³/mol. The molecule has 2 rings (SSSR count). The van der Waals surface area contributed by atoms with Crippen LogP contribution in [0.2, 0.25) is 0 Å². The highest BCUT2D eigenvalue weighted by molar-refractivity contribution is 9.11. The van der Waals surface area contributed by atoms with Crippen LogP contribution in [0.5, 0.6) is 0 Å². The molecule has 1 saturated carbocycles. The first-order valence-electron chi connectivity index (χ1n) is 6.30. The van der Waals surface area contributed by atoms with Gasteiger partial charge in [-0.1, -0.05) is 6.42 Å². The molecular weight excluding hydrogens is 314 g/mol. The quantitative estimate of drug-likeness (QED) is 0.882. The van der Waals surface area contributed by atoms with E-state index in [2.05, 4.69) is 40.3 Å². The average Bonchev–Trinajstić information content (AvgIpc) is 2.76. The molecule has 2 N–H and O–H groups in total. The van der Waals surface area contributed by atoms with Crippen molar-refractivity contribution in [1.82, 2.24) is 5.32 Å². The number of carboxylic acid groups (broad SMARTS) is 1.